The van der Waals surface area contributed by atoms with E-state index in [-0.39, 0.29) is 5.97 Å². The molecule has 1 aliphatic rings. The molecule has 1 aliphatic carbocycles. The number of hydrogen-bond donors (Lipinski definition) is 1. The number of hydrogen-bond acceptors (Lipinski definition) is 5. The van der Waals surface area contributed by atoms with E-state index in [1.54, 1.807) is 18.7 Å². The van der Waals surface area contributed by atoms with Crippen LogP contribution in [0.15, 0.2) is 49.3 Å². The van der Waals surface area contributed by atoms with Gasteiger partial charge in [0.2, 0.25) is 0 Å². The zero-order valence-electron chi connectivity index (χ0n) is 20.0. The van der Waals surface area contributed by atoms with Crippen LogP contribution in [-0.2, 0) is 23.0 Å². The summed E-state index contributed by atoms with van der Waals surface area (Å²) in [7, 11) is 2.02. The van der Waals surface area contributed by atoms with Gasteiger partial charge in [-0.15, -0.1) is 0 Å². The van der Waals surface area contributed by atoms with Crippen LogP contribution in [0.2, 0.25) is 0 Å². The van der Waals surface area contributed by atoms with Crippen molar-refractivity contribution in [3.8, 4) is 5.75 Å². The van der Waals surface area contributed by atoms with Crippen molar-refractivity contribution in [1.29, 1.82) is 0 Å². The van der Waals surface area contributed by atoms with E-state index in [0.717, 1.165) is 37.3 Å². The first kappa shape index (κ1) is 24.3. The molecule has 0 unspecified atom stereocenters. The lowest BCUT2D eigenvalue weighted by Gasteiger charge is -2.22. The number of aromatic nitrogens is 4. The number of aromatic amines is 1. The number of esters is 1. The SMILES string of the molecule is CCOC(=O)C(C)(C)CCCOc1ccc2c(c1)C=C(c1nccn1C)CC2.c1c[nH]cn1. The first-order chi connectivity index (χ1) is 15.9. The van der Waals surface area contributed by atoms with Crippen molar-refractivity contribution in [3.63, 3.8) is 0 Å². The van der Waals surface area contributed by atoms with Gasteiger partial charge in [0.1, 0.15) is 11.6 Å². The summed E-state index contributed by atoms with van der Waals surface area (Å²) in [5.74, 6) is 1.75. The fourth-order valence-electron chi connectivity index (χ4n) is 3.75. The Bertz CT molecular complexity index is 1030. The quantitative estimate of drug-likeness (QED) is 0.383. The Hall–Kier alpha value is -3.35. The number of ether oxygens (including phenoxy) is 2. The van der Waals surface area contributed by atoms with E-state index in [0.29, 0.717) is 13.2 Å². The largest absolute Gasteiger partial charge is 0.494 e. The molecular weight excluding hydrogens is 416 g/mol. The first-order valence-corrected chi connectivity index (χ1v) is 11.4. The van der Waals surface area contributed by atoms with Gasteiger partial charge in [-0.1, -0.05) is 6.07 Å². The molecule has 1 aromatic carbocycles. The number of carbonyl (C=O) groups excluding carboxylic acids is 1. The van der Waals surface area contributed by atoms with Crippen molar-refractivity contribution in [2.45, 2.75) is 46.5 Å². The third-order valence-electron chi connectivity index (χ3n) is 5.67. The summed E-state index contributed by atoms with van der Waals surface area (Å²) in [5.41, 5.74) is 3.32. The molecule has 3 aromatic rings. The van der Waals surface area contributed by atoms with Gasteiger partial charge in [0.25, 0.3) is 0 Å². The van der Waals surface area contributed by atoms with Gasteiger partial charge in [0.05, 0.1) is 25.0 Å². The topological polar surface area (TPSA) is 82.0 Å². The number of H-pyrrole nitrogens is 1. The number of nitrogens with one attached hydrogen (secondary N) is 1. The molecule has 0 saturated heterocycles. The molecule has 7 nitrogen and oxygen atoms in total. The zero-order chi connectivity index (χ0) is 23.7. The number of carbonyl (C=O) groups is 1. The minimum Gasteiger partial charge on any atom is -0.494 e. The van der Waals surface area contributed by atoms with E-state index >= 15 is 0 Å². The van der Waals surface area contributed by atoms with Crippen LogP contribution in [0.3, 0.4) is 0 Å². The van der Waals surface area contributed by atoms with Gasteiger partial charge >= 0.3 is 5.97 Å². The summed E-state index contributed by atoms with van der Waals surface area (Å²) in [6.45, 7) is 6.68. The number of benzene rings is 1. The van der Waals surface area contributed by atoms with Gasteiger partial charge < -0.3 is 19.0 Å². The molecule has 0 fully saturated rings. The molecule has 7 heteroatoms. The summed E-state index contributed by atoms with van der Waals surface area (Å²) in [5, 5.41) is 0. The van der Waals surface area contributed by atoms with E-state index in [2.05, 4.69) is 37.7 Å². The average molecular weight is 451 g/mol. The predicted octanol–water partition coefficient (Wildman–Crippen LogP) is 5.06. The van der Waals surface area contributed by atoms with Crippen LogP contribution in [-0.4, -0.2) is 38.7 Å². The second kappa shape index (κ2) is 11.5. The van der Waals surface area contributed by atoms with Crippen LogP contribution >= 0.6 is 0 Å². The second-order valence-corrected chi connectivity index (χ2v) is 8.71. The monoisotopic (exact) mass is 450 g/mol. The molecule has 2 aromatic heterocycles. The maximum atomic E-state index is 12.0. The smallest absolute Gasteiger partial charge is 0.311 e. The van der Waals surface area contributed by atoms with Crippen LogP contribution in [0.4, 0.5) is 0 Å². The van der Waals surface area contributed by atoms with Gasteiger partial charge in [-0.3, -0.25) is 4.79 Å². The van der Waals surface area contributed by atoms with E-state index in [1.165, 1.54) is 16.7 Å². The van der Waals surface area contributed by atoms with Gasteiger partial charge in [0, 0.05) is 31.8 Å². The van der Waals surface area contributed by atoms with E-state index in [4.69, 9.17) is 9.47 Å². The highest BCUT2D eigenvalue weighted by molar-refractivity contribution is 5.82. The molecule has 1 N–H and O–H groups in total. The predicted molar refractivity (Wildman–Crippen MR) is 130 cm³/mol. The van der Waals surface area contributed by atoms with E-state index < -0.39 is 5.41 Å². The van der Waals surface area contributed by atoms with Gasteiger partial charge in [-0.2, -0.15) is 0 Å². The number of allylic oxidation sites excluding steroid dienone is 1. The Morgan fingerprint density at radius 3 is 2.73 bits per heavy atom. The van der Waals surface area contributed by atoms with Crippen LogP contribution in [0, 0.1) is 5.41 Å². The Kier molecular flexibility index (Phi) is 8.46. The van der Waals surface area contributed by atoms with Gasteiger partial charge in [0.15, 0.2) is 0 Å². The molecular formula is C26H34N4O3. The Morgan fingerprint density at radius 1 is 1.24 bits per heavy atom. The third kappa shape index (κ3) is 6.81. The number of nitrogens with zero attached hydrogens (tertiary/aromatic N) is 3. The standard InChI is InChI=1S/C23H30N2O3.C3H4N2/c1-5-27-22(26)23(2,3)11-6-14-28-20-10-9-17-7-8-18(15-19(17)16-20)21-24-12-13-25(21)4;1-2-5-3-4-1/h9-10,12-13,15-16H,5-8,11,14H2,1-4H3;1-3H,(H,4,5). The van der Waals surface area contributed by atoms with E-state index in [1.807, 2.05) is 46.3 Å². The van der Waals surface area contributed by atoms with Gasteiger partial charge in [-0.05, 0) is 81.4 Å². The van der Waals surface area contributed by atoms with Crippen LogP contribution in [0.5, 0.6) is 5.75 Å². The maximum absolute atomic E-state index is 12.0. The molecule has 4 rings (SSSR count). The lowest BCUT2D eigenvalue weighted by Crippen LogP contribution is -2.27. The van der Waals surface area contributed by atoms with Crippen molar-refractivity contribution in [2.24, 2.45) is 12.5 Å². The van der Waals surface area contributed by atoms with Crippen molar-refractivity contribution in [3.05, 3.63) is 66.3 Å². The van der Waals surface area contributed by atoms with Gasteiger partial charge in [-0.25, -0.2) is 9.97 Å². The third-order valence-corrected chi connectivity index (χ3v) is 5.67. The maximum Gasteiger partial charge on any atom is 0.311 e. The fourth-order valence-corrected chi connectivity index (χ4v) is 3.75. The van der Waals surface area contributed by atoms with Crippen molar-refractivity contribution < 1.29 is 14.3 Å². The number of aryl methyl sites for hydroxylation is 2. The molecule has 0 saturated carbocycles. The Balaban J connectivity index is 0.000000541. The minimum absolute atomic E-state index is 0.143. The highest BCUT2D eigenvalue weighted by atomic mass is 16.5. The Labute approximate surface area is 195 Å². The lowest BCUT2D eigenvalue weighted by molar-refractivity contribution is -0.153. The molecule has 0 radical (unpaired) electrons. The second-order valence-electron chi connectivity index (χ2n) is 8.71. The minimum atomic E-state index is -0.477. The van der Waals surface area contributed by atoms with Crippen LogP contribution in [0.25, 0.3) is 11.6 Å². The highest BCUT2D eigenvalue weighted by Crippen LogP contribution is 2.32. The zero-order valence-corrected chi connectivity index (χ0v) is 20.0. The molecule has 0 aliphatic heterocycles. The first-order valence-electron chi connectivity index (χ1n) is 11.4. The van der Waals surface area contributed by atoms with Crippen molar-refractivity contribution >= 4 is 17.6 Å². The number of imidazole rings is 2. The molecule has 176 valence electrons. The molecule has 0 atom stereocenters. The summed E-state index contributed by atoms with van der Waals surface area (Å²) >= 11 is 0. The lowest BCUT2D eigenvalue weighted by atomic mass is 9.88. The molecule has 0 bridgehead atoms. The normalized spacial score (nSPS) is 12.8. The average Bonchev–Trinajstić information content (AvgIpc) is 3.51. The van der Waals surface area contributed by atoms with Crippen LogP contribution < -0.4 is 4.74 Å². The summed E-state index contributed by atoms with van der Waals surface area (Å²) in [6, 6.07) is 6.29. The summed E-state index contributed by atoms with van der Waals surface area (Å²) < 4.78 is 13.2. The van der Waals surface area contributed by atoms with Crippen molar-refractivity contribution in [1.82, 2.24) is 19.5 Å². The van der Waals surface area contributed by atoms with Crippen LogP contribution in [0.1, 0.15) is 57.0 Å². The number of rotatable bonds is 8. The van der Waals surface area contributed by atoms with Crippen molar-refractivity contribution in [2.75, 3.05) is 13.2 Å². The molecule has 0 spiro atoms. The molecule has 0 amide bonds. The Morgan fingerprint density at radius 2 is 2.09 bits per heavy atom. The fraction of sp³-hybridized carbons (Fsp3) is 0.423. The van der Waals surface area contributed by atoms with E-state index in [9.17, 15) is 4.79 Å². The molecule has 2 heterocycles. The number of fused-ring (bicyclic) bond motifs is 1. The summed E-state index contributed by atoms with van der Waals surface area (Å²) in [4.78, 5) is 22.9. The molecule has 33 heavy (non-hydrogen) atoms. The summed E-state index contributed by atoms with van der Waals surface area (Å²) in [6.07, 6.45) is 14.7. The highest BCUT2D eigenvalue weighted by Gasteiger charge is 2.28.